The first-order chi connectivity index (χ1) is 16.2. The zero-order valence-corrected chi connectivity index (χ0v) is 18.2. The van der Waals surface area contributed by atoms with Crippen molar-refractivity contribution in [3.63, 3.8) is 0 Å². The number of ether oxygens (including phenoxy) is 3. The van der Waals surface area contributed by atoms with Crippen LogP contribution >= 0.6 is 0 Å². The third-order valence-electron chi connectivity index (χ3n) is 6.11. The lowest BCUT2D eigenvalue weighted by molar-refractivity contribution is 0.306. The molecule has 6 heteroatoms. The number of methoxy groups -OCH3 is 2. The van der Waals surface area contributed by atoms with Crippen LogP contribution in [-0.2, 0) is 6.61 Å². The van der Waals surface area contributed by atoms with Crippen LogP contribution in [0.15, 0.2) is 77.7 Å². The van der Waals surface area contributed by atoms with Crippen molar-refractivity contribution < 1.29 is 14.2 Å². The molecule has 0 N–H and O–H groups in total. The van der Waals surface area contributed by atoms with Gasteiger partial charge in [-0.25, -0.2) is 0 Å². The second-order valence-corrected chi connectivity index (χ2v) is 7.87. The van der Waals surface area contributed by atoms with Crippen LogP contribution in [0, 0.1) is 0 Å². The number of pyridine rings is 2. The number of nitrogens with zero attached hydrogens (tertiary/aromatic N) is 2. The molecule has 33 heavy (non-hydrogen) atoms. The van der Waals surface area contributed by atoms with Crippen LogP contribution in [0.1, 0.15) is 5.56 Å². The summed E-state index contributed by atoms with van der Waals surface area (Å²) in [5.41, 5.74) is 3.26. The predicted octanol–water partition coefficient (Wildman–Crippen LogP) is 5.19. The Hall–Kier alpha value is -4.32. The van der Waals surface area contributed by atoms with E-state index in [4.69, 9.17) is 14.2 Å². The van der Waals surface area contributed by atoms with Gasteiger partial charge in [-0.2, -0.15) is 0 Å². The van der Waals surface area contributed by atoms with E-state index in [2.05, 4.69) is 4.98 Å². The molecule has 6 nitrogen and oxygen atoms in total. The number of hydrogen-bond acceptors (Lipinski definition) is 5. The lowest BCUT2D eigenvalue weighted by Gasteiger charge is -2.12. The van der Waals surface area contributed by atoms with Gasteiger partial charge in [0.2, 0.25) is 0 Å². The van der Waals surface area contributed by atoms with E-state index in [0.717, 1.165) is 44.0 Å². The smallest absolute Gasteiger partial charge is 0.267 e. The largest absolute Gasteiger partial charge is 0.493 e. The Morgan fingerprint density at radius 2 is 1.73 bits per heavy atom. The highest BCUT2D eigenvalue weighted by molar-refractivity contribution is 6.19. The van der Waals surface area contributed by atoms with E-state index in [0.29, 0.717) is 23.5 Å². The number of fused-ring (bicyclic) bond motifs is 5. The maximum atomic E-state index is 13.8. The van der Waals surface area contributed by atoms with Gasteiger partial charge in [-0.1, -0.05) is 30.3 Å². The van der Waals surface area contributed by atoms with E-state index in [1.165, 1.54) is 0 Å². The first-order valence-electron chi connectivity index (χ1n) is 10.6. The summed E-state index contributed by atoms with van der Waals surface area (Å²) < 4.78 is 18.8. The van der Waals surface area contributed by atoms with Crippen molar-refractivity contribution >= 4 is 38.1 Å². The Morgan fingerprint density at radius 1 is 0.879 bits per heavy atom. The maximum absolute atomic E-state index is 13.8. The van der Waals surface area contributed by atoms with Gasteiger partial charge in [0.05, 0.1) is 36.2 Å². The van der Waals surface area contributed by atoms with Crippen molar-refractivity contribution in [3.05, 3.63) is 88.8 Å². The zero-order chi connectivity index (χ0) is 22.5. The normalized spacial score (nSPS) is 11.6. The maximum Gasteiger partial charge on any atom is 0.267 e. The van der Waals surface area contributed by atoms with Crippen molar-refractivity contribution in [3.8, 4) is 17.2 Å². The summed E-state index contributed by atoms with van der Waals surface area (Å²) in [4.78, 5) is 18.4. The summed E-state index contributed by atoms with van der Waals surface area (Å²) in [6.45, 7) is 0.471. The van der Waals surface area contributed by atoms with E-state index in [9.17, 15) is 4.79 Å². The molecule has 3 aromatic heterocycles. The number of rotatable bonds is 5. The van der Waals surface area contributed by atoms with E-state index in [1.54, 1.807) is 30.9 Å². The molecule has 0 unspecified atom stereocenters. The van der Waals surface area contributed by atoms with Crippen LogP contribution in [0.2, 0.25) is 0 Å². The minimum atomic E-state index is -0.167. The Kier molecular flexibility index (Phi) is 4.33. The van der Waals surface area contributed by atoms with Gasteiger partial charge in [-0.15, -0.1) is 0 Å². The Morgan fingerprint density at radius 3 is 2.52 bits per heavy atom. The van der Waals surface area contributed by atoms with Gasteiger partial charge in [-0.05, 0) is 42.0 Å². The molecule has 0 spiro atoms. The van der Waals surface area contributed by atoms with Crippen molar-refractivity contribution in [1.29, 1.82) is 0 Å². The lowest BCUT2D eigenvalue weighted by atomic mass is 10.1. The van der Waals surface area contributed by atoms with E-state index >= 15 is 0 Å². The lowest BCUT2D eigenvalue weighted by Crippen LogP contribution is -2.14. The highest BCUT2D eigenvalue weighted by Gasteiger charge is 2.22. The number of benzene rings is 3. The highest BCUT2D eigenvalue weighted by atomic mass is 16.5. The molecular weight excluding hydrogens is 416 g/mol. The predicted molar refractivity (Wildman–Crippen MR) is 129 cm³/mol. The van der Waals surface area contributed by atoms with Crippen molar-refractivity contribution in [1.82, 2.24) is 9.38 Å². The summed E-state index contributed by atoms with van der Waals surface area (Å²) in [5, 5.41) is 3.07. The standard InChI is InChI=1S/C27H20N2O4/c1-31-22-11-9-19-23(26(22)32-2)27(30)29-21-10-8-17(33-15-16-6-4-3-5-7-16)14-20(21)18-12-13-28-24(19)25(18)29/h3-14H,15H2,1-2H3. The molecule has 6 aromatic rings. The molecule has 3 heterocycles. The highest BCUT2D eigenvalue weighted by Crippen LogP contribution is 2.39. The number of aromatic nitrogens is 2. The molecule has 3 aromatic carbocycles. The fourth-order valence-electron chi connectivity index (χ4n) is 4.63. The van der Waals surface area contributed by atoms with E-state index < -0.39 is 0 Å². The molecule has 0 radical (unpaired) electrons. The van der Waals surface area contributed by atoms with Crippen molar-refractivity contribution in [2.45, 2.75) is 6.61 Å². The molecule has 0 aliphatic carbocycles. The van der Waals surface area contributed by atoms with Crippen LogP contribution in [0.5, 0.6) is 17.2 Å². The topological polar surface area (TPSA) is 62.1 Å². The van der Waals surface area contributed by atoms with Crippen LogP contribution in [0.4, 0.5) is 0 Å². The fourth-order valence-corrected chi connectivity index (χ4v) is 4.63. The summed E-state index contributed by atoms with van der Waals surface area (Å²) in [6.07, 6.45) is 1.77. The molecule has 0 saturated carbocycles. The Balaban J connectivity index is 1.63. The third kappa shape index (κ3) is 2.80. The van der Waals surface area contributed by atoms with E-state index in [-0.39, 0.29) is 5.56 Å². The summed E-state index contributed by atoms with van der Waals surface area (Å²) in [6, 6.07) is 21.5. The Labute approximate surface area is 188 Å². The summed E-state index contributed by atoms with van der Waals surface area (Å²) in [5.74, 6) is 1.66. The minimum absolute atomic E-state index is 0.167. The molecule has 0 saturated heterocycles. The quantitative estimate of drug-likeness (QED) is 0.348. The van der Waals surface area contributed by atoms with Crippen LogP contribution in [0.3, 0.4) is 0 Å². The first-order valence-corrected chi connectivity index (χ1v) is 10.6. The molecule has 6 rings (SSSR count). The average Bonchev–Trinajstić information content (AvgIpc) is 3.20. The van der Waals surface area contributed by atoms with Crippen molar-refractivity contribution in [2.75, 3.05) is 14.2 Å². The molecule has 0 atom stereocenters. The third-order valence-corrected chi connectivity index (χ3v) is 6.11. The minimum Gasteiger partial charge on any atom is -0.493 e. The van der Waals surface area contributed by atoms with Gasteiger partial charge in [0.1, 0.15) is 12.4 Å². The molecule has 0 fully saturated rings. The van der Waals surface area contributed by atoms with Gasteiger partial charge in [0.15, 0.2) is 11.5 Å². The molecule has 0 bridgehead atoms. The van der Waals surface area contributed by atoms with Gasteiger partial charge in [0, 0.05) is 22.4 Å². The average molecular weight is 436 g/mol. The molecule has 0 amide bonds. The second-order valence-electron chi connectivity index (χ2n) is 7.87. The van der Waals surface area contributed by atoms with Gasteiger partial charge in [-0.3, -0.25) is 14.2 Å². The summed E-state index contributed by atoms with van der Waals surface area (Å²) in [7, 11) is 3.10. The Bertz CT molecular complexity index is 1710. The summed E-state index contributed by atoms with van der Waals surface area (Å²) >= 11 is 0. The monoisotopic (exact) mass is 436 g/mol. The van der Waals surface area contributed by atoms with Crippen LogP contribution in [-0.4, -0.2) is 23.6 Å². The molecule has 162 valence electrons. The van der Waals surface area contributed by atoms with Gasteiger partial charge in [0.25, 0.3) is 5.56 Å². The van der Waals surface area contributed by atoms with Crippen LogP contribution in [0.25, 0.3) is 38.1 Å². The SMILES string of the molecule is COc1ccc2c(c1OC)c(=O)n1c3ccc(OCc4ccccc4)cc3c3ccnc2c31. The zero-order valence-electron chi connectivity index (χ0n) is 18.2. The second kappa shape index (κ2) is 7.38. The number of hydrogen-bond donors (Lipinski definition) is 0. The van der Waals surface area contributed by atoms with E-state index in [1.807, 2.05) is 60.7 Å². The van der Waals surface area contributed by atoms with Gasteiger partial charge < -0.3 is 14.2 Å². The fraction of sp³-hybridized carbons (Fsp3) is 0.111. The van der Waals surface area contributed by atoms with Crippen LogP contribution < -0.4 is 19.8 Å². The van der Waals surface area contributed by atoms with Gasteiger partial charge >= 0.3 is 0 Å². The first kappa shape index (κ1) is 19.4. The molecule has 0 aliphatic rings. The molecular formula is C27H20N2O4. The molecule has 0 aliphatic heterocycles. The van der Waals surface area contributed by atoms with Crippen molar-refractivity contribution in [2.24, 2.45) is 0 Å².